The first kappa shape index (κ1) is 7.89. The van der Waals surface area contributed by atoms with Crippen molar-refractivity contribution in [1.82, 2.24) is 0 Å². The van der Waals surface area contributed by atoms with Gasteiger partial charge in [-0.2, -0.15) is 5.11 Å². The van der Waals surface area contributed by atoms with Crippen LogP contribution in [0.4, 0.5) is 4.39 Å². The lowest BCUT2D eigenvalue weighted by atomic mass is 10.2. The topological polar surface area (TPSA) is 19.9 Å². The van der Waals surface area contributed by atoms with E-state index in [2.05, 4.69) is 0 Å². The number of alkyl halides is 1. The quantitative estimate of drug-likeness (QED) is 0.506. The Balaban J connectivity index is 2.72. The van der Waals surface area contributed by atoms with E-state index < -0.39 is 6.36 Å². The molecule has 0 aliphatic carbocycles. The van der Waals surface area contributed by atoms with Crippen LogP contribution < -0.4 is 0 Å². The van der Waals surface area contributed by atoms with Gasteiger partial charge in [-0.15, -0.1) is 0 Å². The summed E-state index contributed by atoms with van der Waals surface area (Å²) < 4.78 is 11.5. The highest BCUT2D eigenvalue weighted by molar-refractivity contribution is 4.40. The first-order valence-corrected chi connectivity index (χ1v) is 3.07. The minimum absolute atomic E-state index is 0.188. The fraction of sp³-hybridized carbons (Fsp3) is 1.00. The van der Waals surface area contributed by atoms with Gasteiger partial charge in [-0.05, 0) is 6.42 Å². The summed E-state index contributed by atoms with van der Waals surface area (Å²) in [6.45, 7) is 2.03. The maximum absolute atomic E-state index is 11.5. The maximum atomic E-state index is 11.5. The average Bonchev–Trinajstić information content (AvgIpc) is 1.66. The molecule has 0 heterocycles. The molecule has 0 saturated heterocycles. The zero-order valence-electron chi connectivity index (χ0n) is 5.19. The summed E-state index contributed by atoms with van der Waals surface area (Å²) in [6.07, 6.45) is 1.10. The van der Waals surface area contributed by atoms with Gasteiger partial charge in [0.1, 0.15) is 0 Å². The Labute approximate surface area is 49.5 Å². The van der Waals surface area contributed by atoms with Gasteiger partial charge >= 0.3 is 0 Å². The van der Waals surface area contributed by atoms with E-state index in [1.54, 1.807) is 0 Å². The summed E-state index contributed by atoms with van der Waals surface area (Å²) in [4.78, 5) is 0. The summed E-state index contributed by atoms with van der Waals surface area (Å²) in [5.74, 6) is 0. The number of hydrogen-bond donors (Lipinski definition) is 0. The number of rotatable bonds is 4. The van der Waals surface area contributed by atoms with Crippen molar-refractivity contribution in [3.05, 3.63) is 0 Å². The zero-order valence-corrected chi connectivity index (χ0v) is 5.19. The summed E-state index contributed by atoms with van der Waals surface area (Å²) in [6, 6.07) is 0. The molecule has 0 rings (SSSR count). The number of halogens is 1. The van der Waals surface area contributed by atoms with Crippen LogP contribution in [0.1, 0.15) is 32.6 Å². The molecular formula is C6H12FO. The molecule has 0 fully saturated rings. The molecule has 1 unspecified atom stereocenters. The smallest absolute Gasteiger partial charge is 0.213 e. The van der Waals surface area contributed by atoms with Crippen LogP contribution in [0.5, 0.6) is 0 Å². The highest BCUT2D eigenvalue weighted by Crippen LogP contribution is 2.03. The fourth-order valence-corrected chi connectivity index (χ4v) is 0.555. The van der Waals surface area contributed by atoms with Crippen LogP contribution in [-0.2, 0) is 5.11 Å². The maximum Gasteiger partial charge on any atom is 0.231 e. The van der Waals surface area contributed by atoms with Crippen molar-refractivity contribution in [3.8, 4) is 0 Å². The van der Waals surface area contributed by atoms with Crippen LogP contribution >= 0.6 is 0 Å². The van der Waals surface area contributed by atoms with Gasteiger partial charge in [0.2, 0.25) is 6.36 Å². The molecule has 0 aliphatic rings. The highest BCUT2D eigenvalue weighted by atomic mass is 19.1. The molecule has 0 aromatic rings. The van der Waals surface area contributed by atoms with Crippen LogP contribution in [0.15, 0.2) is 0 Å². The summed E-state index contributed by atoms with van der Waals surface area (Å²) in [5, 5.41) is 9.74. The van der Waals surface area contributed by atoms with Gasteiger partial charge in [0.05, 0.1) is 0 Å². The fourth-order valence-electron chi connectivity index (χ4n) is 0.555. The monoisotopic (exact) mass is 119 g/mol. The van der Waals surface area contributed by atoms with Crippen LogP contribution in [0, 0.1) is 0 Å². The van der Waals surface area contributed by atoms with Crippen LogP contribution in [-0.4, -0.2) is 6.36 Å². The van der Waals surface area contributed by atoms with Gasteiger partial charge in [0.25, 0.3) is 0 Å². The van der Waals surface area contributed by atoms with Gasteiger partial charge in [0, 0.05) is 6.42 Å². The highest BCUT2D eigenvalue weighted by Gasteiger charge is 1.98. The predicted molar refractivity (Wildman–Crippen MR) is 29.7 cm³/mol. The molecule has 1 nitrogen and oxygen atoms in total. The van der Waals surface area contributed by atoms with Crippen LogP contribution in [0.3, 0.4) is 0 Å². The molecule has 0 amide bonds. The summed E-state index contributed by atoms with van der Waals surface area (Å²) >= 11 is 0. The lowest BCUT2D eigenvalue weighted by molar-refractivity contribution is -0.0295. The Kier molecular flexibility index (Phi) is 4.97. The molecule has 0 aromatic heterocycles. The predicted octanol–water partition coefficient (Wildman–Crippen LogP) is 2.29. The van der Waals surface area contributed by atoms with E-state index in [0.717, 1.165) is 19.3 Å². The van der Waals surface area contributed by atoms with Crippen molar-refractivity contribution in [2.45, 2.75) is 39.0 Å². The second-order valence-corrected chi connectivity index (χ2v) is 1.91. The first-order valence-electron chi connectivity index (χ1n) is 3.07. The number of hydrogen-bond acceptors (Lipinski definition) is 0. The third-order valence-corrected chi connectivity index (χ3v) is 1.03. The van der Waals surface area contributed by atoms with Crippen molar-refractivity contribution < 1.29 is 9.50 Å². The lowest BCUT2D eigenvalue weighted by Gasteiger charge is -1.94. The Morgan fingerprint density at radius 2 is 2.12 bits per heavy atom. The Bertz CT molecular complexity index is 45.8. The SMILES string of the molecule is CCCCCC([O])F. The third kappa shape index (κ3) is 5.89. The van der Waals surface area contributed by atoms with Crippen LogP contribution in [0.25, 0.3) is 0 Å². The Morgan fingerprint density at radius 1 is 1.50 bits per heavy atom. The molecule has 2 heteroatoms. The standard InChI is InChI=1S/C6H12FO/c1-2-3-4-5-6(7)8/h6H,2-5H2,1H3. The Hall–Kier alpha value is -0.110. The van der Waals surface area contributed by atoms with Gasteiger partial charge in [-0.1, -0.05) is 19.8 Å². The van der Waals surface area contributed by atoms with E-state index in [4.69, 9.17) is 0 Å². The van der Waals surface area contributed by atoms with Gasteiger partial charge in [-0.3, -0.25) is 0 Å². The molecule has 8 heavy (non-hydrogen) atoms. The largest absolute Gasteiger partial charge is 0.231 e. The minimum atomic E-state index is -1.85. The second-order valence-electron chi connectivity index (χ2n) is 1.91. The third-order valence-electron chi connectivity index (χ3n) is 1.03. The molecular weight excluding hydrogens is 107 g/mol. The molecule has 0 N–H and O–H groups in total. The van der Waals surface area contributed by atoms with E-state index in [-0.39, 0.29) is 6.42 Å². The Morgan fingerprint density at radius 3 is 2.50 bits per heavy atom. The van der Waals surface area contributed by atoms with Gasteiger partial charge in [0.15, 0.2) is 0 Å². The molecule has 0 aliphatic heterocycles. The van der Waals surface area contributed by atoms with Crippen molar-refractivity contribution in [2.24, 2.45) is 0 Å². The molecule has 0 spiro atoms. The zero-order chi connectivity index (χ0) is 6.41. The summed E-state index contributed by atoms with van der Waals surface area (Å²) in [5.41, 5.74) is 0. The molecule has 0 saturated carbocycles. The molecule has 49 valence electrons. The van der Waals surface area contributed by atoms with Gasteiger partial charge in [-0.25, -0.2) is 4.39 Å². The van der Waals surface area contributed by atoms with Crippen LogP contribution in [0.2, 0.25) is 0 Å². The van der Waals surface area contributed by atoms with E-state index >= 15 is 0 Å². The second kappa shape index (κ2) is 5.04. The molecule has 1 radical (unpaired) electrons. The molecule has 1 atom stereocenters. The van der Waals surface area contributed by atoms with Crippen molar-refractivity contribution in [2.75, 3.05) is 0 Å². The van der Waals surface area contributed by atoms with Crippen molar-refractivity contribution in [1.29, 1.82) is 0 Å². The molecule has 0 aromatic carbocycles. The van der Waals surface area contributed by atoms with Crippen molar-refractivity contribution in [3.63, 3.8) is 0 Å². The van der Waals surface area contributed by atoms with Crippen molar-refractivity contribution >= 4 is 0 Å². The summed E-state index contributed by atoms with van der Waals surface area (Å²) in [7, 11) is 0. The van der Waals surface area contributed by atoms with Gasteiger partial charge < -0.3 is 0 Å². The van der Waals surface area contributed by atoms with E-state index in [1.165, 1.54) is 0 Å². The van der Waals surface area contributed by atoms with E-state index in [0.29, 0.717) is 0 Å². The lowest BCUT2D eigenvalue weighted by Crippen LogP contribution is -1.93. The average molecular weight is 119 g/mol. The first-order chi connectivity index (χ1) is 3.77. The van der Waals surface area contributed by atoms with E-state index in [1.807, 2.05) is 6.92 Å². The molecule has 0 bridgehead atoms. The van der Waals surface area contributed by atoms with E-state index in [9.17, 15) is 9.50 Å². The normalized spacial score (nSPS) is 13.9. The number of unbranched alkanes of at least 4 members (excludes halogenated alkanes) is 2. The minimum Gasteiger partial charge on any atom is -0.213 e.